The van der Waals surface area contributed by atoms with Gasteiger partial charge in [0.2, 0.25) is 0 Å². The summed E-state index contributed by atoms with van der Waals surface area (Å²) in [6, 6.07) is 7.60. The average Bonchev–Trinajstić information content (AvgIpc) is 2.49. The van der Waals surface area contributed by atoms with Crippen molar-refractivity contribution in [3.05, 3.63) is 34.9 Å². The van der Waals surface area contributed by atoms with E-state index >= 15 is 0 Å². The third-order valence-corrected chi connectivity index (χ3v) is 4.16. The molecule has 0 amide bonds. The van der Waals surface area contributed by atoms with Crippen molar-refractivity contribution < 1.29 is 14.6 Å². The van der Waals surface area contributed by atoms with Crippen molar-refractivity contribution in [3.63, 3.8) is 0 Å². The predicted molar refractivity (Wildman–Crippen MR) is 91.8 cm³/mol. The topological polar surface area (TPSA) is 45.2 Å². The first-order chi connectivity index (χ1) is 11.0. The Morgan fingerprint density at radius 1 is 1.43 bits per heavy atom. The number of aliphatic hydroxyl groups is 1. The van der Waals surface area contributed by atoms with Crippen LogP contribution in [0, 0.1) is 0 Å². The Balaban J connectivity index is 1.68. The Hall–Kier alpha value is -0.690. The number of nitrogens with zero attached hydrogens (tertiary/aromatic N) is 2. The molecule has 130 valence electrons. The zero-order valence-corrected chi connectivity index (χ0v) is 14.7. The first-order valence-corrected chi connectivity index (χ1v) is 8.40. The lowest BCUT2D eigenvalue weighted by Gasteiger charge is -2.35. The molecule has 0 bridgehead atoms. The molecule has 0 unspecified atom stereocenters. The van der Waals surface area contributed by atoms with Crippen LogP contribution in [0.1, 0.15) is 5.56 Å². The van der Waals surface area contributed by atoms with Crippen molar-refractivity contribution in [1.29, 1.82) is 0 Å². The van der Waals surface area contributed by atoms with Gasteiger partial charge in [-0.25, -0.2) is 0 Å². The summed E-state index contributed by atoms with van der Waals surface area (Å²) >= 11 is 6.08. The van der Waals surface area contributed by atoms with Crippen LogP contribution in [0.2, 0.25) is 5.02 Å². The fraction of sp³-hybridized carbons (Fsp3) is 0.647. The zero-order chi connectivity index (χ0) is 16.7. The number of likely N-dealkylation sites (N-methyl/N-ethyl adjacent to an activating group) is 1. The largest absolute Gasteiger partial charge is 0.389 e. The van der Waals surface area contributed by atoms with Gasteiger partial charge in [-0.15, -0.1) is 0 Å². The Kier molecular flexibility index (Phi) is 7.76. The van der Waals surface area contributed by atoms with Crippen LogP contribution in [0.25, 0.3) is 0 Å². The van der Waals surface area contributed by atoms with Crippen LogP contribution in [0.4, 0.5) is 0 Å². The molecule has 6 heteroatoms. The summed E-state index contributed by atoms with van der Waals surface area (Å²) in [5, 5.41) is 10.9. The number of rotatable bonds is 8. The third kappa shape index (κ3) is 6.75. The third-order valence-electron chi connectivity index (χ3n) is 3.79. The van der Waals surface area contributed by atoms with Gasteiger partial charge in [-0.2, -0.15) is 0 Å². The fourth-order valence-electron chi connectivity index (χ4n) is 2.74. The second kappa shape index (κ2) is 9.57. The second-order valence-corrected chi connectivity index (χ2v) is 6.68. The Labute approximate surface area is 143 Å². The van der Waals surface area contributed by atoms with E-state index in [1.807, 2.05) is 38.4 Å². The minimum Gasteiger partial charge on any atom is -0.389 e. The first-order valence-electron chi connectivity index (χ1n) is 8.02. The molecule has 0 aromatic heterocycles. The number of β-amino-alcohol motifs (C(OH)–C–C–N with tert-alkyl or cyclic N) is 1. The summed E-state index contributed by atoms with van der Waals surface area (Å²) in [4.78, 5) is 4.36. The molecule has 0 spiro atoms. The maximum atomic E-state index is 10.2. The Morgan fingerprint density at radius 3 is 2.96 bits per heavy atom. The van der Waals surface area contributed by atoms with Crippen molar-refractivity contribution >= 4 is 11.6 Å². The quantitative estimate of drug-likeness (QED) is 0.775. The number of hydrogen-bond acceptors (Lipinski definition) is 5. The highest BCUT2D eigenvalue weighted by Gasteiger charge is 2.22. The highest BCUT2D eigenvalue weighted by molar-refractivity contribution is 6.31. The number of ether oxygens (including phenoxy) is 2. The zero-order valence-electron chi connectivity index (χ0n) is 13.9. The SMILES string of the molecule is CN(C)C[C@H]1CN(C[C@H](O)COCc2ccccc2Cl)CCO1. The Bertz CT molecular complexity index is 473. The monoisotopic (exact) mass is 342 g/mol. The van der Waals surface area contributed by atoms with Gasteiger partial charge in [0.25, 0.3) is 0 Å². The number of morpholine rings is 1. The molecule has 5 nitrogen and oxygen atoms in total. The van der Waals surface area contributed by atoms with Crippen molar-refractivity contribution in [1.82, 2.24) is 9.80 Å². The first kappa shape index (κ1) is 18.6. The number of benzene rings is 1. The molecule has 1 aromatic carbocycles. The maximum Gasteiger partial charge on any atom is 0.0900 e. The summed E-state index contributed by atoms with van der Waals surface area (Å²) in [5.41, 5.74) is 0.943. The molecule has 1 fully saturated rings. The molecule has 2 rings (SSSR count). The number of hydrogen-bond donors (Lipinski definition) is 1. The molecular formula is C17H27ClN2O3. The average molecular weight is 343 g/mol. The molecule has 1 aromatic rings. The van der Waals surface area contributed by atoms with Gasteiger partial charge in [0, 0.05) is 31.2 Å². The van der Waals surface area contributed by atoms with Crippen molar-refractivity contribution in [2.24, 2.45) is 0 Å². The lowest BCUT2D eigenvalue weighted by atomic mass is 10.2. The van der Waals surface area contributed by atoms with Crippen molar-refractivity contribution in [2.75, 3.05) is 53.5 Å². The van der Waals surface area contributed by atoms with Crippen LogP contribution in [0.15, 0.2) is 24.3 Å². The van der Waals surface area contributed by atoms with Crippen molar-refractivity contribution in [3.8, 4) is 0 Å². The molecular weight excluding hydrogens is 316 g/mol. The van der Waals surface area contributed by atoms with Crippen molar-refractivity contribution in [2.45, 2.75) is 18.8 Å². The number of aliphatic hydroxyl groups excluding tert-OH is 1. The molecule has 1 aliphatic rings. The molecule has 0 aliphatic carbocycles. The standard InChI is InChI=1S/C17H27ClN2O3/c1-19(2)10-16-11-20(7-8-23-16)9-15(21)13-22-12-14-5-3-4-6-17(14)18/h3-6,15-16,21H,7-13H2,1-2H3/t15-,16-/m0/s1. The highest BCUT2D eigenvalue weighted by Crippen LogP contribution is 2.15. The minimum absolute atomic E-state index is 0.204. The maximum absolute atomic E-state index is 10.2. The second-order valence-electron chi connectivity index (χ2n) is 6.27. The van der Waals surface area contributed by atoms with E-state index < -0.39 is 6.10 Å². The van der Waals surface area contributed by atoms with E-state index in [0.717, 1.165) is 25.2 Å². The molecule has 1 heterocycles. The molecule has 2 atom stereocenters. The van der Waals surface area contributed by atoms with Gasteiger partial charge in [0.05, 0.1) is 32.0 Å². The smallest absolute Gasteiger partial charge is 0.0900 e. The highest BCUT2D eigenvalue weighted by atomic mass is 35.5. The minimum atomic E-state index is -0.504. The lowest BCUT2D eigenvalue weighted by Crippen LogP contribution is -2.49. The van der Waals surface area contributed by atoms with E-state index in [0.29, 0.717) is 31.4 Å². The lowest BCUT2D eigenvalue weighted by molar-refractivity contribution is -0.0584. The molecule has 1 aliphatic heterocycles. The van der Waals surface area contributed by atoms with Crippen LogP contribution in [-0.2, 0) is 16.1 Å². The Morgan fingerprint density at radius 2 is 2.22 bits per heavy atom. The molecule has 1 saturated heterocycles. The normalized spacial score (nSPS) is 20.8. The van der Waals surface area contributed by atoms with Gasteiger partial charge in [0.15, 0.2) is 0 Å². The van der Waals surface area contributed by atoms with Gasteiger partial charge < -0.3 is 19.5 Å². The van der Waals surface area contributed by atoms with E-state index in [1.165, 1.54) is 0 Å². The van der Waals surface area contributed by atoms with Gasteiger partial charge in [-0.05, 0) is 25.7 Å². The molecule has 1 N–H and O–H groups in total. The molecule has 0 saturated carbocycles. The van der Waals surface area contributed by atoms with Crippen LogP contribution < -0.4 is 0 Å². The summed E-state index contributed by atoms with van der Waals surface area (Å²) in [7, 11) is 4.08. The van der Waals surface area contributed by atoms with Crippen LogP contribution in [0.5, 0.6) is 0 Å². The summed E-state index contributed by atoms with van der Waals surface area (Å²) in [5.74, 6) is 0. The van der Waals surface area contributed by atoms with Gasteiger partial charge in [-0.1, -0.05) is 29.8 Å². The fourth-order valence-corrected chi connectivity index (χ4v) is 2.93. The van der Waals surface area contributed by atoms with Crippen LogP contribution in [0.3, 0.4) is 0 Å². The van der Waals surface area contributed by atoms with E-state index in [-0.39, 0.29) is 6.10 Å². The molecule has 0 radical (unpaired) electrons. The van der Waals surface area contributed by atoms with E-state index in [4.69, 9.17) is 21.1 Å². The van der Waals surface area contributed by atoms with E-state index in [2.05, 4.69) is 9.80 Å². The summed E-state index contributed by atoms with van der Waals surface area (Å²) in [6.45, 7) is 4.65. The van der Waals surface area contributed by atoms with Gasteiger partial charge in [-0.3, -0.25) is 4.90 Å². The van der Waals surface area contributed by atoms with E-state index in [9.17, 15) is 5.11 Å². The van der Waals surface area contributed by atoms with Crippen LogP contribution >= 0.6 is 11.6 Å². The van der Waals surface area contributed by atoms with Gasteiger partial charge >= 0.3 is 0 Å². The van der Waals surface area contributed by atoms with Crippen LogP contribution in [-0.4, -0.2) is 80.6 Å². The number of halogens is 1. The summed E-state index contributed by atoms with van der Waals surface area (Å²) in [6.07, 6.45) is -0.300. The predicted octanol–water partition coefficient (Wildman–Crippen LogP) is 1.48. The van der Waals surface area contributed by atoms with Gasteiger partial charge in [0.1, 0.15) is 0 Å². The van der Waals surface area contributed by atoms with E-state index in [1.54, 1.807) is 0 Å². The molecule has 23 heavy (non-hydrogen) atoms. The summed E-state index contributed by atoms with van der Waals surface area (Å²) < 4.78 is 11.3.